The van der Waals surface area contributed by atoms with Crippen LogP contribution in [0.25, 0.3) is 11.1 Å². The molecular weight excluding hydrogens is 578 g/mol. The molecule has 13 heteroatoms. The number of aromatic nitrogens is 3. The van der Waals surface area contributed by atoms with E-state index in [4.69, 9.17) is 15.2 Å². The Morgan fingerprint density at radius 2 is 1.60 bits per heavy atom. The number of hydrogen-bond donors (Lipinski definition) is 4. The Morgan fingerprint density at radius 3 is 2.24 bits per heavy atom. The van der Waals surface area contributed by atoms with E-state index in [-0.39, 0.29) is 49.4 Å². The van der Waals surface area contributed by atoms with E-state index in [1.165, 1.54) is 21.4 Å². The van der Waals surface area contributed by atoms with E-state index in [0.717, 1.165) is 22.3 Å². The van der Waals surface area contributed by atoms with Crippen LogP contribution in [0.4, 0.5) is 16.3 Å². The first-order chi connectivity index (χ1) is 21.7. The summed E-state index contributed by atoms with van der Waals surface area (Å²) in [6, 6.07) is 16.5. The highest BCUT2D eigenvalue weighted by atomic mass is 16.5. The van der Waals surface area contributed by atoms with Crippen LogP contribution in [-0.4, -0.2) is 63.8 Å². The molecule has 0 saturated heterocycles. The van der Waals surface area contributed by atoms with Gasteiger partial charge in [-0.25, -0.2) is 14.6 Å². The summed E-state index contributed by atoms with van der Waals surface area (Å²) in [4.78, 5) is 55.1. The number of carbonyl (C=O) groups is 4. The summed E-state index contributed by atoms with van der Waals surface area (Å²) in [5, 5.41) is 8.00. The maximum atomic E-state index is 13.2. The Kier molecular flexibility index (Phi) is 9.28. The molecule has 234 valence electrons. The third kappa shape index (κ3) is 6.73. The van der Waals surface area contributed by atoms with E-state index in [0.29, 0.717) is 5.69 Å². The van der Waals surface area contributed by atoms with Gasteiger partial charge in [-0.1, -0.05) is 48.5 Å². The van der Waals surface area contributed by atoms with E-state index < -0.39 is 29.9 Å². The number of aryl methyl sites for hydroxylation is 2. The number of hydrogen-bond acceptors (Lipinski definition) is 8. The second-order valence-electron chi connectivity index (χ2n) is 10.5. The second kappa shape index (κ2) is 13.5. The van der Waals surface area contributed by atoms with Gasteiger partial charge in [0.25, 0.3) is 5.91 Å². The van der Waals surface area contributed by atoms with Crippen LogP contribution in [0.3, 0.4) is 0 Å². The van der Waals surface area contributed by atoms with Crippen molar-refractivity contribution < 1.29 is 28.7 Å². The average Bonchev–Trinajstić information content (AvgIpc) is 3.68. The predicted molar refractivity (Wildman–Crippen MR) is 167 cm³/mol. The molecule has 0 fully saturated rings. The van der Waals surface area contributed by atoms with Crippen molar-refractivity contribution in [2.45, 2.75) is 25.3 Å². The summed E-state index contributed by atoms with van der Waals surface area (Å²) in [5.41, 5.74) is 10.7. The summed E-state index contributed by atoms with van der Waals surface area (Å²) in [7, 11) is 3.25. The lowest BCUT2D eigenvalue weighted by Gasteiger charge is -2.19. The highest BCUT2D eigenvalue weighted by Crippen LogP contribution is 2.44. The lowest BCUT2D eigenvalue weighted by Crippen LogP contribution is -2.45. The molecule has 3 amide bonds. The standard InChI is InChI=1S/C32H35N7O6/c1-4-44-31(42)28-36-27(17-39(28)3)37-30(41)26-15-19(16-38(26)2)34-29(40)25(13-14-33)35-32(43)45-18-24-22-11-7-5-9-20(22)21-10-6-8-12-23(21)24/h5-12,15-17,24-25H,4,13-14,18,33H2,1-3H3,(H,34,40)(H,35,43)(H,37,41)/t25-/m0/s1. The summed E-state index contributed by atoms with van der Waals surface area (Å²) in [6.45, 7) is 2.12. The molecule has 0 unspecified atom stereocenters. The monoisotopic (exact) mass is 613 g/mol. The summed E-state index contributed by atoms with van der Waals surface area (Å²) in [6.07, 6.45) is 2.47. The van der Waals surface area contributed by atoms with E-state index in [1.807, 2.05) is 36.4 Å². The number of imidazole rings is 1. The van der Waals surface area contributed by atoms with Gasteiger partial charge < -0.3 is 40.3 Å². The lowest BCUT2D eigenvalue weighted by molar-refractivity contribution is -0.118. The first-order valence-electron chi connectivity index (χ1n) is 14.5. The lowest BCUT2D eigenvalue weighted by atomic mass is 9.98. The van der Waals surface area contributed by atoms with Crippen molar-refractivity contribution >= 4 is 35.4 Å². The fraction of sp³-hybridized carbons (Fsp3) is 0.281. The minimum Gasteiger partial charge on any atom is -0.460 e. The van der Waals surface area contributed by atoms with Gasteiger partial charge in [0.05, 0.1) is 12.3 Å². The predicted octanol–water partition coefficient (Wildman–Crippen LogP) is 3.38. The smallest absolute Gasteiger partial charge is 0.407 e. The molecule has 1 atom stereocenters. The molecular formula is C32H35N7O6. The number of fused-ring (bicyclic) bond motifs is 3. The number of ether oxygens (including phenoxy) is 2. The van der Waals surface area contributed by atoms with Crippen molar-refractivity contribution in [3.63, 3.8) is 0 Å². The van der Waals surface area contributed by atoms with Crippen molar-refractivity contribution in [3.05, 3.63) is 89.6 Å². The number of nitrogens with two attached hydrogens (primary N) is 1. The Morgan fingerprint density at radius 1 is 0.933 bits per heavy atom. The summed E-state index contributed by atoms with van der Waals surface area (Å²) in [5.74, 6) is -1.56. The summed E-state index contributed by atoms with van der Waals surface area (Å²) >= 11 is 0. The summed E-state index contributed by atoms with van der Waals surface area (Å²) < 4.78 is 13.5. The van der Waals surface area contributed by atoms with Crippen LogP contribution in [0.1, 0.15) is 51.5 Å². The minimum atomic E-state index is -0.974. The Labute approximate surface area is 259 Å². The van der Waals surface area contributed by atoms with Crippen LogP contribution in [0.15, 0.2) is 67.0 Å². The Balaban J connectivity index is 1.19. The first-order valence-corrected chi connectivity index (χ1v) is 14.5. The van der Waals surface area contributed by atoms with E-state index in [1.54, 1.807) is 27.2 Å². The first kappa shape index (κ1) is 31.0. The largest absolute Gasteiger partial charge is 0.460 e. The molecule has 0 saturated carbocycles. The van der Waals surface area contributed by atoms with Gasteiger partial charge >= 0.3 is 12.1 Å². The zero-order valence-corrected chi connectivity index (χ0v) is 25.2. The zero-order chi connectivity index (χ0) is 32.1. The van der Waals surface area contributed by atoms with Crippen molar-refractivity contribution in [3.8, 4) is 11.1 Å². The van der Waals surface area contributed by atoms with Gasteiger partial charge in [-0.05, 0) is 48.2 Å². The van der Waals surface area contributed by atoms with Crippen LogP contribution in [0.2, 0.25) is 0 Å². The Bertz CT molecular complexity index is 1700. The number of carbonyl (C=O) groups excluding carboxylic acids is 4. The topological polar surface area (TPSA) is 172 Å². The number of alkyl carbamates (subject to hydrolysis) is 1. The number of rotatable bonds is 11. The molecule has 2 heterocycles. The second-order valence-corrected chi connectivity index (χ2v) is 10.5. The van der Waals surface area contributed by atoms with Crippen LogP contribution in [-0.2, 0) is 28.4 Å². The molecule has 0 aliphatic heterocycles. The average molecular weight is 614 g/mol. The quantitative estimate of drug-likeness (QED) is 0.187. The molecule has 5 rings (SSSR count). The molecule has 0 radical (unpaired) electrons. The molecule has 45 heavy (non-hydrogen) atoms. The fourth-order valence-electron chi connectivity index (χ4n) is 5.40. The minimum absolute atomic E-state index is 0.0434. The molecule has 13 nitrogen and oxygen atoms in total. The van der Waals surface area contributed by atoms with Gasteiger partial charge in [-0.3, -0.25) is 9.59 Å². The molecule has 5 N–H and O–H groups in total. The third-order valence-electron chi connectivity index (χ3n) is 7.49. The van der Waals surface area contributed by atoms with Gasteiger partial charge in [-0.15, -0.1) is 0 Å². The number of nitrogens with zero attached hydrogens (tertiary/aromatic N) is 3. The maximum absolute atomic E-state index is 13.2. The van der Waals surface area contributed by atoms with Crippen LogP contribution in [0.5, 0.6) is 0 Å². The van der Waals surface area contributed by atoms with Crippen molar-refractivity contribution in [1.29, 1.82) is 0 Å². The van der Waals surface area contributed by atoms with Gasteiger partial charge in [0.2, 0.25) is 11.7 Å². The van der Waals surface area contributed by atoms with Gasteiger partial charge in [0.1, 0.15) is 18.3 Å². The van der Waals surface area contributed by atoms with Gasteiger partial charge in [0.15, 0.2) is 5.82 Å². The van der Waals surface area contributed by atoms with E-state index >= 15 is 0 Å². The third-order valence-corrected chi connectivity index (χ3v) is 7.49. The molecule has 0 bridgehead atoms. The van der Waals surface area contributed by atoms with Gasteiger partial charge in [0, 0.05) is 32.4 Å². The molecule has 4 aromatic rings. The van der Waals surface area contributed by atoms with E-state index in [9.17, 15) is 19.2 Å². The van der Waals surface area contributed by atoms with E-state index in [2.05, 4.69) is 33.1 Å². The van der Waals surface area contributed by atoms with Crippen LogP contribution >= 0.6 is 0 Å². The normalized spacial score (nSPS) is 12.5. The highest BCUT2D eigenvalue weighted by molar-refractivity contribution is 6.05. The van der Waals surface area contributed by atoms with Crippen LogP contribution < -0.4 is 21.7 Å². The SMILES string of the molecule is CCOC(=O)c1nc(NC(=O)c2cc(NC(=O)[C@H](CCN)NC(=O)OCC3c4ccccc4-c4ccccc43)cn2C)cn1C. The fourth-order valence-corrected chi connectivity index (χ4v) is 5.40. The number of benzene rings is 2. The van der Waals surface area contributed by atoms with Crippen LogP contribution in [0, 0.1) is 0 Å². The molecule has 2 aromatic heterocycles. The molecule has 0 spiro atoms. The number of esters is 1. The van der Waals surface area contributed by atoms with Crippen molar-refractivity contribution in [2.75, 3.05) is 30.4 Å². The molecule has 1 aliphatic carbocycles. The number of amides is 3. The number of nitrogens with one attached hydrogen (secondary N) is 3. The maximum Gasteiger partial charge on any atom is 0.407 e. The highest BCUT2D eigenvalue weighted by Gasteiger charge is 2.30. The zero-order valence-electron chi connectivity index (χ0n) is 25.2. The van der Waals surface area contributed by atoms with Crippen molar-refractivity contribution in [1.82, 2.24) is 19.4 Å². The van der Waals surface area contributed by atoms with Crippen molar-refractivity contribution in [2.24, 2.45) is 19.8 Å². The molecule has 1 aliphatic rings. The number of anilines is 2. The van der Waals surface area contributed by atoms with Gasteiger partial charge in [-0.2, -0.15) is 0 Å². The Hall–Kier alpha value is -5.43. The molecule has 2 aromatic carbocycles.